The maximum Gasteiger partial charge on any atom is 0.143 e. The van der Waals surface area contributed by atoms with Crippen molar-refractivity contribution in [2.24, 2.45) is 5.41 Å². The van der Waals surface area contributed by atoms with Crippen molar-refractivity contribution in [2.45, 2.75) is 38.7 Å². The van der Waals surface area contributed by atoms with E-state index in [4.69, 9.17) is 0 Å². The Morgan fingerprint density at radius 3 is 2.62 bits per heavy atom. The number of hydrogen-bond acceptors (Lipinski definition) is 1. The number of rotatable bonds is 2. The molecule has 1 unspecified atom stereocenters. The molecule has 1 saturated carbocycles. The first-order valence-corrected chi connectivity index (χ1v) is 6.46. The summed E-state index contributed by atoms with van der Waals surface area (Å²) in [5, 5.41) is 10.3. The molecule has 1 aromatic carbocycles. The second-order valence-corrected chi connectivity index (χ2v) is 5.76. The predicted octanol–water partition coefficient (Wildman–Crippen LogP) is 4.20. The van der Waals surface area contributed by atoms with Gasteiger partial charge in [-0.15, -0.1) is 0 Å². The Balaban J connectivity index is 2.33. The van der Waals surface area contributed by atoms with Crippen molar-refractivity contribution in [3.8, 4) is 0 Å². The Kier molecular flexibility index (Phi) is 3.36. The maximum atomic E-state index is 13.9. The lowest BCUT2D eigenvalue weighted by atomic mass is 9.79. The van der Waals surface area contributed by atoms with Crippen molar-refractivity contribution in [1.82, 2.24) is 0 Å². The van der Waals surface area contributed by atoms with E-state index in [1.165, 1.54) is 0 Å². The van der Waals surface area contributed by atoms with Gasteiger partial charge in [-0.2, -0.15) is 0 Å². The summed E-state index contributed by atoms with van der Waals surface area (Å²) in [5.74, 6) is -0.330. The van der Waals surface area contributed by atoms with Crippen LogP contribution in [0.15, 0.2) is 22.7 Å². The Morgan fingerprint density at radius 2 is 2.00 bits per heavy atom. The highest BCUT2D eigenvalue weighted by Gasteiger charge is 2.38. The molecule has 1 aromatic rings. The van der Waals surface area contributed by atoms with Gasteiger partial charge in [0.1, 0.15) is 5.82 Å². The highest BCUT2D eigenvalue weighted by molar-refractivity contribution is 9.10. The lowest BCUT2D eigenvalue weighted by Gasteiger charge is -2.30. The van der Waals surface area contributed by atoms with Crippen molar-refractivity contribution < 1.29 is 9.50 Å². The van der Waals surface area contributed by atoms with Gasteiger partial charge in [0.05, 0.1) is 10.6 Å². The van der Waals surface area contributed by atoms with Gasteiger partial charge in [-0.3, -0.25) is 0 Å². The van der Waals surface area contributed by atoms with Crippen LogP contribution in [0.2, 0.25) is 0 Å². The number of benzene rings is 1. The number of aliphatic hydroxyl groups is 1. The monoisotopic (exact) mass is 286 g/mol. The molecule has 1 nitrogen and oxygen atoms in total. The Bertz CT molecular complexity index is 386. The summed E-state index contributed by atoms with van der Waals surface area (Å²) in [6.45, 7) is 2.05. The third-order valence-corrected chi connectivity index (χ3v) is 4.29. The molecule has 2 rings (SSSR count). The molecule has 1 aliphatic carbocycles. The summed E-state index contributed by atoms with van der Waals surface area (Å²) in [4.78, 5) is 0. The lowest BCUT2D eigenvalue weighted by Crippen LogP contribution is -2.23. The Labute approximate surface area is 104 Å². The third kappa shape index (κ3) is 2.03. The van der Waals surface area contributed by atoms with Crippen LogP contribution in [-0.2, 0) is 0 Å². The fourth-order valence-electron chi connectivity index (χ4n) is 2.56. The van der Waals surface area contributed by atoms with Crippen LogP contribution < -0.4 is 0 Å². The first kappa shape index (κ1) is 12.1. The van der Waals surface area contributed by atoms with Crippen LogP contribution >= 0.6 is 15.9 Å². The Morgan fingerprint density at radius 1 is 1.38 bits per heavy atom. The normalized spacial score (nSPS) is 21.0. The van der Waals surface area contributed by atoms with E-state index in [1.807, 2.05) is 6.92 Å². The SMILES string of the molecule is CC1(C(O)c2cccc(Br)c2F)CCCC1. The second-order valence-electron chi connectivity index (χ2n) is 4.91. The summed E-state index contributed by atoms with van der Waals surface area (Å²) in [6, 6.07) is 5.10. The van der Waals surface area contributed by atoms with Crippen molar-refractivity contribution >= 4 is 15.9 Å². The highest BCUT2D eigenvalue weighted by Crippen LogP contribution is 2.47. The zero-order chi connectivity index (χ0) is 11.8. The van der Waals surface area contributed by atoms with Crippen LogP contribution in [-0.4, -0.2) is 5.11 Å². The largest absolute Gasteiger partial charge is 0.388 e. The summed E-state index contributed by atoms with van der Waals surface area (Å²) in [5.41, 5.74) is 0.250. The van der Waals surface area contributed by atoms with Crippen LogP contribution in [0.5, 0.6) is 0 Å². The van der Waals surface area contributed by atoms with E-state index in [0.717, 1.165) is 25.7 Å². The minimum atomic E-state index is -0.701. The zero-order valence-corrected chi connectivity index (χ0v) is 10.9. The smallest absolute Gasteiger partial charge is 0.143 e. The van der Waals surface area contributed by atoms with Gasteiger partial charge >= 0.3 is 0 Å². The summed E-state index contributed by atoms with van der Waals surface area (Å²) in [6.07, 6.45) is 3.50. The van der Waals surface area contributed by atoms with E-state index >= 15 is 0 Å². The van der Waals surface area contributed by atoms with Crippen molar-refractivity contribution in [3.63, 3.8) is 0 Å². The molecule has 0 saturated heterocycles. The van der Waals surface area contributed by atoms with Crippen LogP contribution in [0.4, 0.5) is 4.39 Å². The average Bonchev–Trinajstić information content (AvgIpc) is 2.70. The van der Waals surface area contributed by atoms with E-state index in [9.17, 15) is 9.50 Å². The van der Waals surface area contributed by atoms with Gasteiger partial charge in [0.25, 0.3) is 0 Å². The van der Waals surface area contributed by atoms with Gasteiger partial charge in [0.2, 0.25) is 0 Å². The van der Waals surface area contributed by atoms with Crippen LogP contribution in [0.25, 0.3) is 0 Å². The molecule has 88 valence electrons. The van der Waals surface area contributed by atoms with E-state index in [2.05, 4.69) is 15.9 Å². The van der Waals surface area contributed by atoms with E-state index in [1.54, 1.807) is 18.2 Å². The third-order valence-electron chi connectivity index (χ3n) is 3.68. The minimum absolute atomic E-state index is 0.165. The molecule has 0 bridgehead atoms. The summed E-state index contributed by atoms with van der Waals surface area (Å²) < 4.78 is 14.3. The van der Waals surface area contributed by atoms with Crippen molar-refractivity contribution in [1.29, 1.82) is 0 Å². The average molecular weight is 287 g/mol. The van der Waals surface area contributed by atoms with E-state index in [0.29, 0.717) is 10.0 Å². The molecule has 1 N–H and O–H groups in total. The van der Waals surface area contributed by atoms with Gasteiger partial charge in [0.15, 0.2) is 0 Å². The molecule has 0 heterocycles. The van der Waals surface area contributed by atoms with Gasteiger partial charge in [-0.05, 0) is 40.3 Å². The molecule has 0 radical (unpaired) electrons. The number of aliphatic hydroxyl groups excluding tert-OH is 1. The van der Waals surface area contributed by atoms with Crippen molar-refractivity contribution in [3.05, 3.63) is 34.1 Å². The maximum absolute atomic E-state index is 13.9. The first-order chi connectivity index (χ1) is 7.54. The highest BCUT2D eigenvalue weighted by atomic mass is 79.9. The molecule has 1 fully saturated rings. The van der Waals surface area contributed by atoms with Crippen LogP contribution in [0.3, 0.4) is 0 Å². The first-order valence-electron chi connectivity index (χ1n) is 5.66. The summed E-state index contributed by atoms with van der Waals surface area (Å²) >= 11 is 3.15. The van der Waals surface area contributed by atoms with E-state index < -0.39 is 6.10 Å². The number of hydrogen-bond donors (Lipinski definition) is 1. The number of halogens is 2. The van der Waals surface area contributed by atoms with Crippen LogP contribution in [0.1, 0.15) is 44.3 Å². The molecule has 0 amide bonds. The Hall–Kier alpha value is -0.410. The zero-order valence-electron chi connectivity index (χ0n) is 9.34. The molecular weight excluding hydrogens is 271 g/mol. The molecule has 3 heteroatoms. The fraction of sp³-hybridized carbons (Fsp3) is 0.538. The molecule has 0 spiro atoms. The van der Waals surface area contributed by atoms with Gasteiger partial charge in [-0.1, -0.05) is 31.9 Å². The predicted molar refractivity (Wildman–Crippen MR) is 65.6 cm³/mol. The molecule has 1 aliphatic rings. The molecule has 0 aliphatic heterocycles. The fourth-order valence-corrected chi connectivity index (χ4v) is 2.94. The minimum Gasteiger partial charge on any atom is -0.388 e. The van der Waals surface area contributed by atoms with Gasteiger partial charge in [-0.25, -0.2) is 4.39 Å². The quantitative estimate of drug-likeness (QED) is 0.864. The molecular formula is C13H16BrFO. The standard InChI is InChI=1S/C13H16BrFO/c1-13(7-2-3-8-13)12(16)9-5-4-6-10(14)11(9)15/h4-6,12,16H,2-3,7-8H2,1H3. The molecule has 16 heavy (non-hydrogen) atoms. The molecule has 1 atom stereocenters. The topological polar surface area (TPSA) is 20.2 Å². The van der Waals surface area contributed by atoms with Gasteiger partial charge < -0.3 is 5.11 Å². The summed E-state index contributed by atoms with van der Waals surface area (Å²) in [7, 11) is 0. The second kappa shape index (κ2) is 4.46. The van der Waals surface area contributed by atoms with E-state index in [-0.39, 0.29) is 11.2 Å². The van der Waals surface area contributed by atoms with Crippen molar-refractivity contribution in [2.75, 3.05) is 0 Å². The lowest BCUT2D eigenvalue weighted by molar-refractivity contribution is 0.0378. The molecule has 0 aromatic heterocycles. The van der Waals surface area contributed by atoms with Gasteiger partial charge in [0, 0.05) is 5.56 Å². The van der Waals surface area contributed by atoms with Crippen LogP contribution in [0, 0.1) is 11.2 Å².